The number of anilines is 2. The predicted octanol–water partition coefficient (Wildman–Crippen LogP) is 0.492. The molecule has 4 aromatic heterocycles. The van der Waals surface area contributed by atoms with Gasteiger partial charge in [-0.25, -0.2) is 29.9 Å². The van der Waals surface area contributed by atoms with Crippen molar-refractivity contribution < 1.29 is 48.1 Å². The van der Waals surface area contributed by atoms with E-state index in [4.69, 9.17) is 18.5 Å². The maximum absolute atomic E-state index is 11.7. The molecule has 6 N–H and O–H groups in total. The molecule has 0 spiro atoms. The maximum atomic E-state index is 11.7. The van der Waals surface area contributed by atoms with Crippen LogP contribution in [0.4, 0.5) is 11.6 Å². The van der Waals surface area contributed by atoms with Gasteiger partial charge in [0.2, 0.25) is 0 Å². The van der Waals surface area contributed by atoms with Crippen LogP contribution in [0, 0.1) is 0 Å². The molecule has 2 saturated heterocycles. The van der Waals surface area contributed by atoms with Gasteiger partial charge in [0.05, 0.1) is 25.9 Å². The van der Waals surface area contributed by atoms with Crippen LogP contribution in [0.3, 0.4) is 0 Å². The van der Waals surface area contributed by atoms with E-state index in [0.29, 0.717) is 47.1 Å². The van der Waals surface area contributed by atoms with Crippen LogP contribution in [-0.4, -0.2) is 122 Å². The average Bonchev–Trinajstić information content (AvgIpc) is 3.83. The molecule has 0 aromatic carbocycles. The Bertz CT molecular complexity index is 1820. The fourth-order valence-electron chi connectivity index (χ4n) is 5.45. The van der Waals surface area contributed by atoms with Crippen LogP contribution in [0.5, 0.6) is 0 Å². The fourth-order valence-corrected chi connectivity index (χ4v) is 7.01. The maximum Gasteiger partial charge on any atom is 0.582 e. The van der Waals surface area contributed by atoms with Gasteiger partial charge in [0, 0.05) is 13.1 Å². The van der Waals surface area contributed by atoms with E-state index in [1.165, 1.54) is 34.4 Å². The van der Waals surface area contributed by atoms with E-state index in [2.05, 4.69) is 65.0 Å². The standard InChI is InChI=1S/C24H28N10O10P2S2/c35-5-11-15(37)18(44-46(40)48)24(41-11)34-10-32-14-20(28-8-30-22(14)34)26-4-2-1-3-25-19-13-21(29-7-27-19)33(9-31-13)23-16(38)17(43-45(39)47)12(6-36)42-23/h1-2,7-12,15-18,23-24,35-38H,3-6H2,(H2-2,25,26,27,28,29,30,39,40,47,48)/p+2/b2-1+/t11-,12?,15-,16-,17-,18-,23-,24?/m1/s1. The van der Waals surface area contributed by atoms with E-state index in [1.807, 2.05) is 12.2 Å². The number of fused-ring (bicyclic) bond motifs is 2. The average molecular weight is 745 g/mol. The quantitative estimate of drug-likeness (QED) is 0.0496. The first kappa shape index (κ1) is 34.9. The summed E-state index contributed by atoms with van der Waals surface area (Å²) in [6.45, 7) is -0.239. The third-order valence-corrected chi connectivity index (χ3v) is 9.03. The SMILES string of the molecule is O=[P+](S)O[C@@H]1C(CO)O[C@@H](n2cnc3c(NC/C=C/CNc4ncnc5c4ncn5C4O[C@H](CO)[C@@H](O)[C@H]4O[P+](=O)S)ncnc32)[C@@H]1O. The molecule has 4 unspecified atom stereocenters. The van der Waals surface area contributed by atoms with Crippen molar-refractivity contribution in [3.05, 3.63) is 37.5 Å². The summed E-state index contributed by atoms with van der Waals surface area (Å²) in [5.74, 6) is 0.840. The topological polar surface area (TPSA) is 263 Å². The zero-order valence-electron chi connectivity index (χ0n) is 24.5. The molecule has 0 bridgehead atoms. The molecule has 0 radical (unpaired) electrons. The molecule has 0 saturated carbocycles. The second-order valence-electron chi connectivity index (χ2n) is 10.4. The number of thiol groups is 2. The van der Waals surface area contributed by atoms with E-state index in [1.54, 1.807) is 0 Å². The van der Waals surface area contributed by atoms with Crippen LogP contribution >= 0.6 is 39.0 Å². The molecule has 0 amide bonds. The molecular weight excluding hydrogens is 714 g/mol. The second-order valence-corrected chi connectivity index (χ2v) is 13.8. The second kappa shape index (κ2) is 15.3. The van der Waals surface area contributed by atoms with Crippen molar-refractivity contribution >= 4 is 72.9 Å². The minimum Gasteiger partial charge on any atom is -0.394 e. The number of nitrogens with zero attached hydrogens (tertiary/aromatic N) is 8. The van der Waals surface area contributed by atoms with Gasteiger partial charge < -0.3 is 40.5 Å². The van der Waals surface area contributed by atoms with Crippen molar-refractivity contribution in [1.82, 2.24) is 39.0 Å². The normalized spacial score (nSPS) is 28.1. The Hall–Kier alpha value is -2.98. The van der Waals surface area contributed by atoms with Crippen LogP contribution in [0.2, 0.25) is 0 Å². The highest BCUT2D eigenvalue weighted by Gasteiger charge is 2.51. The molecule has 2 fully saturated rings. The van der Waals surface area contributed by atoms with Gasteiger partial charge in [0.1, 0.15) is 61.6 Å². The van der Waals surface area contributed by atoms with Crippen molar-refractivity contribution in [3.63, 3.8) is 0 Å². The first-order chi connectivity index (χ1) is 23.2. The van der Waals surface area contributed by atoms with Crippen molar-refractivity contribution in [2.75, 3.05) is 36.9 Å². The zero-order valence-corrected chi connectivity index (χ0v) is 28.1. The lowest BCUT2D eigenvalue weighted by Crippen LogP contribution is -2.34. The van der Waals surface area contributed by atoms with E-state index < -0.39 is 76.8 Å². The minimum atomic E-state index is -2.38. The molecule has 48 heavy (non-hydrogen) atoms. The Morgan fingerprint density at radius 2 is 1.25 bits per heavy atom. The van der Waals surface area contributed by atoms with E-state index in [0.717, 1.165) is 0 Å². The largest absolute Gasteiger partial charge is 0.582 e. The van der Waals surface area contributed by atoms with E-state index in [9.17, 15) is 29.6 Å². The number of hydrogen-bond donors (Lipinski definition) is 8. The lowest BCUT2D eigenvalue weighted by atomic mass is 10.1. The number of aromatic nitrogens is 8. The van der Waals surface area contributed by atoms with Gasteiger partial charge in [-0.2, -0.15) is 0 Å². The molecule has 256 valence electrons. The number of imidazole rings is 2. The molecular formula is C24H30N10O10P2S2+2. The summed E-state index contributed by atoms with van der Waals surface area (Å²) < 4.78 is 48.1. The van der Waals surface area contributed by atoms with Gasteiger partial charge in [0.15, 0.2) is 58.6 Å². The first-order valence-corrected chi connectivity index (χ1v) is 18.9. The number of aliphatic hydroxyl groups is 4. The summed E-state index contributed by atoms with van der Waals surface area (Å²) in [5.41, 5.74) is 1.51. The summed E-state index contributed by atoms with van der Waals surface area (Å²) in [4.78, 5) is 25.8. The summed E-state index contributed by atoms with van der Waals surface area (Å²) in [7, 11) is -4.73. The molecule has 6 heterocycles. The fraction of sp³-hybridized carbons (Fsp3) is 0.500. The monoisotopic (exact) mass is 744 g/mol. The van der Waals surface area contributed by atoms with E-state index in [-0.39, 0.29) is 0 Å². The lowest BCUT2D eigenvalue weighted by molar-refractivity contribution is -0.0502. The van der Waals surface area contributed by atoms with Crippen molar-refractivity contribution in [3.8, 4) is 0 Å². The predicted molar refractivity (Wildman–Crippen MR) is 174 cm³/mol. The van der Waals surface area contributed by atoms with E-state index >= 15 is 0 Å². The van der Waals surface area contributed by atoms with Gasteiger partial charge in [0.25, 0.3) is 0 Å². The van der Waals surface area contributed by atoms with Gasteiger partial charge in [-0.15, -0.1) is 9.05 Å². The summed E-state index contributed by atoms with van der Waals surface area (Å²) in [6.07, 6.45) is 0.571. The Kier molecular flexibility index (Phi) is 11.1. The third-order valence-electron chi connectivity index (χ3n) is 7.61. The molecule has 4 aromatic rings. The Labute approximate surface area is 283 Å². The van der Waals surface area contributed by atoms with Crippen molar-refractivity contribution in [2.45, 2.75) is 49.1 Å². The van der Waals surface area contributed by atoms with Crippen LogP contribution in [-0.2, 0) is 27.7 Å². The number of aliphatic hydroxyl groups excluding tert-OH is 4. The highest BCUT2D eigenvalue weighted by molar-refractivity contribution is 8.39. The van der Waals surface area contributed by atoms with Crippen LogP contribution in [0.1, 0.15) is 12.5 Å². The minimum absolute atomic E-state index is 0.351. The Morgan fingerprint density at radius 1 is 0.750 bits per heavy atom. The smallest absolute Gasteiger partial charge is 0.394 e. The number of ether oxygens (including phenoxy) is 2. The van der Waals surface area contributed by atoms with Crippen molar-refractivity contribution in [2.24, 2.45) is 0 Å². The van der Waals surface area contributed by atoms with Gasteiger partial charge in [-0.05, 0) is 9.13 Å². The molecule has 6 rings (SSSR count). The highest BCUT2D eigenvalue weighted by atomic mass is 32.7. The Morgan fingerprint density at radius 3 is 1.77 bits per heavy atom. The van der Waals surface area contributed by atoms with Crippen LogP contribution < -0.4 is 10.6 Å². The number of nitrogens with one attached hydrogen (secondary N) is 2. The zero-order chi connectivity index (χ0) is 33.9. The lowest BCUT2D eigenvalue weighted by Gasteiger charge is -2.16. The van der Waals surface area contributed by atoms with Gasteiger partial charge in [-0.1, -0.05) is 12.2 Å². The van der Waals surface area contributed by atoms with Gasteiger partial charge in [-0.3, -0.25) is 9.13 Å². The summed E-state index contributed by atoms with van der Waals surface area (Å²) in [5, 5.41) is 46.8. The molecule has 24 heteroatoms. The molecule has 2 aliphatic rings. The van der Waals surface area contributed by atoms with Crippen LogP contribution in [0.15, 0.2) is 37.5 Å². The van der Waals surface area contributed by atoms with Gasteiger partial charge >= 0.3 is 14.5 Å². The molecule has 2 aliphatic heterocycles. The van der Waals surface area contributed by atoms with Crippen LogP contribution in [0.25, 0.3) is 22.3 Å². The number of hydrogen-bond acceptors (Lipinski definition) is 18. The number of rotatable bonds is 14. The Balaban J connectivity index is 1.08. The molecule has 10 atom stereocenters. The van der Waals surface area contributed by atoms with Crippen molar-refractivity contribution in [1.29, 1.82) is 0 Å². The third kappa shape index (κ3) is 7.02. The summed E-state index contributed by atoms with van der Waals surface area (Å²) in [6, 6.07) is 0. The highest BCUT2D eigenvalue weighted by Crippen LogP contribution is 2.42. The molecule has 0 aliphatic carbocycles. The summed E-state index contributed by atoms with van der Waals surface area (Å²) >= 11 is 7.51. The first-order valence-electron chi connectivity index (χ1n) is 14.2. The molecule has 20 nitrogen and oxygen atoms in total.